The van der Waals surface area contributed by atoms with Crippen LogP contribution in [-0.4, -0.2) is 56.0 Å². The van der Waals surface area contributed by atoms with Crippen molar-refractivity contribution in [3.05, 3.63) is 60.6 Å². The third-order valence-corrected chi connectivity index (χ3v) is 5.51. The molecule has 0 saturated carbocycles. The first-order valence-corrected chi connectivity index (χ1v) is 10.9. The lowest BCUT2D eigenvalue weighted by Gasteiger charge is -2.32. The maximum Gasteiger partial charge on any atom is 0.244 e. The Kier molecular flexibility index (Phi) is 6.84. The number of rotatable bonds is 8. The van der Waals surface area contributed by atoms with Crippen molar-refractivity contribution in [2.24, 2.45) is 0 Å². The summed E-state index contributed by atoms with van der Waals surface area (Å²) >= 11 is 0. The summed E-state index contributed by atoms with van der Waals surface area (Å²) in [5.74, 6) is 1.37. The maximum atomic E-state index is 12.6. The van der Waals surface area contributed by atoms with E-state index in [4.69, 9.17) is 4.74 Å². The topological polar surface area (TPSA) is 94.3 Å². The van der Waals surface area contributed by atoms with E-state index in [-0.39, 0.29) is 30.8 Å². The molecular formula is C23H28N6O3. The number of piperidine rings is 1. The van der Waals surface area contributed by atoms with Gasteiger partial charge in [-0.2, -0.15) is 10.2 Å². The summed E-state index contributed by atoms with van der Waals surface area (Å²) in [6.45, 7) is 3.78. The molecule has 1 fully saturated rings. The molecule has 0 atom stereocenters. The number of aryl methyl sites for hydroxylation is 1. The largest absolute Gasteiger partial charge is 0.493 e. The van der Waals surface area contributed by atoms with Crippen molar-refractivity contribution in [3.8, 4) is 5.75 Å². The van der Waals surface area contributed by atoms with Crippen molar-refractivity contribution in [2.75, 3.05) is 25.0 Å². The lowest BCUT2D eigenvalue weighted by atomic mass is 10.1. The standard InChI is InChI=1S/C23H28N6O3/c1-18-8-15-28(26-18)17-23(31)27-13-9-19(10-14-27)29-21(7-12-24-29)25-22(30)11-16-32-20-5-3-2-4-6-20/h2-8,12,15,19H,9-11,13-14,16-17H2,1H3,(H,25,30). The lowest BCUT2D eigenvalue weighted by Crippen LogP contribution is -2.41. The minimum absolute atomic E-state index is 0.0685. The molecule has 1 aliphatic heterocycles. The summed E-state index contributed by atoms with van der Waals surface area (Å²) in [7, 11) is 0. The summed E-state index contributed by atoms with van der Waals surface area (Å²) in [4.78, 5) is 26.8. The third-order valence-electron chi connectivity index (χ3n) is 5.51. The second-order valence-corrected chi connectivity index (χ2v) is 7.89. The molecule has 3 heterocycles. The molecular weight excluding hydrogens is 408 g/mol. The van der Waals surface area contributed by atoms with E-state index in [9.17, 15) is 9.59 Å². The van der Waals surface area contributed by atoms with Gasteiger partial charge in [0, 0.05) is 25.4 Å². The van der Waals surface area contributed by atoms with Gasteiger partial charge in [0.25, 0.3) is 0 Å². The van der Waals surface area contributed by atoms with Crippen LogP contribution >= 0.6 is 0 Å². The number of carbonyl (C=O) groups excluding carboxylic acids is 2. The zero-order valence-corrected chi connectivity index (χ0v) is 18.2. The van der Waals surface area contributed by atoms with Gasteiger partial charge >= 0.3 is 0 Å². The van der Waals surface area contributed by atoms with E-state index in [1.54, 1.807) is 16.9 Å². The van der Waals surface area contributed by atoms with Gasteiger partial charge in [0.1, 0.15) is 18.1 Å². The fourth-order valence-electron chi connectivity index (χ4n) is 3.84. The van der Waals surface area contributed by atoms with Crippen LogP contribution in [0, 0.1) is 6.92 Å². The van der Waals surface area contributed by atoms with E-state index in [2.05, 4.69) is 15.5 Å². The number of hydrogen-bond acceptors (Lipinski definition) is 5. The van der Waals surface area contributed by atoms with Crippen LogP contribution in [0.4, 0.5) is 5.82 Å². The first-order chi connectivity index (χ1) is 15.6. The highest BCUT2D eigenvalue weighted by molar-refractivity contribution is 5.89. The molecule has 3 aromatic rings. The number of anilines is 1. The Bertz CT molecular complexity index is 1040. The van der Waals surface area contributed by atoms with Crippen LogP contribution < -0.4 is 10.1 Å². The molecule has 0 aliphatic carbocycles. The van der Waals surface area contributed by atoms with Crippen LogP contribution in [0.1, 0.15) is 31.0 Å². The van der Waals surface area contributed by atoms with Gasteiger partial charge in [0.05, 0.1) is 31.0 Å². The quantitative estimate of drug-likeness (QED) is 0.586. The van der Waals surface area contributed by atoms with Crippen molar-refractivity contribution in [1.29, 1.82) is 0 Å². The monoisotopic (exact) mass is 436 g/mol. The van der Waals surface area contributed by atoms with E-state index in [0.717, 1.165) is 24.3 Å². The smallest absolute Gasteiger partial charge is 0.244 e. The number of nitrogens with zero attached hydrogens (tertiary/aromatic N) is 5. The van der Waals surface area contributed by atoms with E-state index >= 15 is 0 Å². The second kappa shape index (κ2) is 10.1. The van der Waals surface area contributed by atoms with Crippen LogP contribution in [0.25, 0.3) is 0 Å². The fraction of sp³-hybridized carbons (Fsp3) is 0.391. The summed E-state index contributed by atoms with van der Waals surface area (Å²) in [6.07, 6.45) is 5.33. The van der Waals surface area contributed by atoms with E-state index in [1.165, 1.54) is 0 Å². The number of nitrogens with one attached hydrogen (secondary N) is 1. The Morgan fingerprint density at radius 2 is 1.91 bits per heavy atom. The number of amides is 2. The minimum atomic E-state index is -0.121. The highest BCUT2D eigenvalue weighted by Gasteiger charge is 2.26. The van der Waals surface area contributed by atoms with Crippen molar-refractivity contribution >= 4 is 17.6 Å². The zero-order valence-electron chi connectivity index (χ0n) is 18.2. The molecule has 1 aromatic carbocycles. The first kappa shape index (κ1) is 21.6. The molecule has 32 heavy (non-hydrogen) atoms. The summed E-state index contributed by atoms with van der Waals surface area (Å²) < 4.78 is 9.12. The van der Waals surface area contributed by atoms with Gasteiger partial charge in [0.2, 0.25) is 11.8 Å². The van der Waals surface area contributed by atoms with Gasteiger partial charge in [0.15, 0.2) is 0 Å². The van der Waals surface area contributed by atoms with Crippen molar-refractivity contribution in [3.63, 3.8) is 0 Å². The zero-order chi connectivity index (χ0) is 22.3. The molecule has 0 spiro atoms. The molecule has 168 valence electrons. The SMILES string of the molecule is Cc1ccn(CC(=O)N2CCC(n3nccc3NC(=O)CCOc3ccccc3)CC2)n1. The Hall–Kier alpha value is -3.62. The van der Waals surface area contributed by atoms with Gasteiger partial charge < -0.3 is 15.0 Å². The Morgan fingerprint density at radius 1 is 1.12 bits per heavy atom. The molecule has 1 saturated heterocycles. The fourth-order valence-corrected chi connectivity index (χ4v) is 3.84. The summed E-state index contributed by atoms with van der Waals surface area (Å²) in [5.41, 5.74) is 0.899. The molecule has 2 aromatic heterocycles. The molecule has 4 rings (SSSR count). The van der Waals surface area contributed by atoms with Gasteiger partial charge in [-0.1, -0.05) is 18.2 Å². The molecule has 9 nitrogen and oxygen atoms in total. The minimum Gasteiger partial charge on any atom is -0.493 e. The second-order valence-electron chi connectivity index (χ2n) is 7.89. The average Bonchev–Trinajstić information content (AvgIpc) is 3.43. The van der Waals surface area contributed by atoms with E-state index in [1.807, 2.05) is 59.1 Å². The van der Waals surface area contributed by atoms with Crippen LogP contribution in [0.5, 0.6) is 5.75 Å². The van der Waals surface area contributed by atoms with Crippen molar-refractivity contribution in [1.82, 2.24) is 24.5 Å². The molecule has 0 bridgehead atoms. The lowest BCUT2D eigenvalue weighted by molar-refractivity contribution is -0.133. The summed E-state index contributed by atoms with van der Waals surface area (Å²) in [6, 6.07) is 13.3. The molecule has 0 radical (unpaired) electrons. The Balaban J connectivity index is 1.24. The first-order valence-electron chi connectivity index (χ1n) is 10.9. The molecule has 1 aliphatic rings. The summed E-state index contributed by atoms with van der Waals surface area (Å²) in [5, 5.41) is 11.6. The number of para-hydroxylation sites is 1. The Labute approximate surface area is 187 Å². The number of carbonyl (C=O) groups is 2. The number of likely N-dealkylation sites (tertiary alicyclic amines) is 1. The normalized spacial score (nSPS) is 14.3. The molecule has 2 amide bonds. The van der Waals surface area contributed by atoms with E-state index in [0.29, 0.717) is 25.5 Å². The van der Waals surface area contributed by atoms with Crippen LogP contribution in [-0.2, 0) is 16.1 Å². The van der Waals surface area contributed by atoms with Crippen molar-refractivity contribution in [2.45, 2.75) is 38.8 Å². The molecule has 9 heteroatoms. The van der Waals surface area contributed by atoms with Gasteiger partial charge in [-0.15, -0.1) is 0 Å². The van der Waals surface area contributed by atoms with Gasteiger partial charge in [-0.05, 0) is 38.0 Å². The number of ether oxygens (including phenoxy) is 1. The van der Waals surface area contributed by atoms with Crippen LogP contribution in [0.15, 0.2) is 54.9 Å². The van der Waals surface area contributed by atoms with Crippen LogP contribution in [0.3, 0.4) is 0 Å². The maximum absolute atomic E-state index is 12.6. The highest BCUT2D eigenvalue weighted by Crippen LogP contribution is 2.25. The average molecular weight is 437 g/mol. The number of aromatic nitrogens is 4. The molecule has 0 unspecified atom stereocenters. The number of benzene rings is 1. The number of hydrogen-bond donors (Lipinski definition) is 1. The predicted molar refractivity (Wildman–Crippen MR) is 119 cm³/mol. The molecule has 1 N–H and O–H groups in total. The highest BCUT2D eigenvalue weighted by atomic mass is 16.5. The predicted octanol–water partition coefficient (Wildman–Crippen LogP) is 2.66. The Morgan fingerprint density at radius 3 is 2.62 bits per heavy atom. The van der Waals surface area contributed by atoms with Gasteiger partial charge in [-0.25, -0.2) is 4.68 Å². The van der Waals surface area contributed by atoms with E-state index < -0.39 is 0 Å². The van der Waals surface area contributed by atoms with Gasteiger partial charge in [-0.3, -0.25) is 14.3 Å². The van der Waals surface area contributed by atoms with Crippen LogP contribution in [0.2, 0.25) is 0 Å². The third kappa shape index (κ3) is 5.54. The van der Waals surface area contributed by atoms with Crippen molar-refractivity contribution < 1.29 is 14.3 Å².